The van der Waals surface area contributed by atoms with E-state index < -0.39 is 0 Å². The molecule has 4 nitrogen and oxygen atoms in total. The maximum atomic E-state index is 5.60. The summed E-state index contributed by atoms with van der Waals surface area (Å²) in [5, 5.41) is 8.61. The molecular weight excluding hydrogens is 348 g/mol. The van der Waals surface area contributed by atoms with Gasteiger partial charge >= 0.3 is 0 Å². The van der Waals surface area contributed by atoms with Gasteiger partial charge in [0.2, 0.25) is 0 Å². The average Bonchev–Trinajstić information content (AvgIpc) is 2.75. The molecule has 0 aliphatic carbocycles. The Morgan fingerprint density at radius 3 is 1.64 bits per heavy atom. The fraction of sp³-hybridized carbons (Fsp3) is 0.167. The summed E-state index contributed by atoms with van der Waals surface area (Å²) in [5.41, 5.74) is 4.83. The van der Waals surface area contributed by atoms with Crippen molar-refractivity contribution in [3.63, 3.8) is 0 Å². The van der Waals surface area contributed by atoms with Crippen LogP contribution in [0.3, 0.4) is 0 Å². The predicted molar refractivity (Wildman–Crippen MR) is 113 cm³/mol. The van der Waals surface area contributed by atoms with E-state index in [4.69, 9.17) is 9.68 Å². The Morgan fingerprint density at radius 2 is 1.11 bits per heavy atom. The van der Waals surface area contributed by atoms with Crippen LogP contribution in [0.5, 0.6) is 0 Å². The molecule has 0 saturated heterocycles. The lowest BCUT2D eigenvalue weighted by Crippen LogP contribution is -2.08. The molecule has 0 amide bonds. The highest BCUT2D eigenvalue weighted by atomic mass is 16.6. The van der Waals surface area contributed by atoms with Gasteiger partial charge in [-0.2, -0.15) is 0 Å². The second-order valence-corrected chi connectivity index (χ2v) is 6.43. The van der Waals surface area contributed by atoms with Crippen LogP contribution in [-0.4, -0.2) is 11.4 Å². The average molecular weight is 372 g/mol. The third-order valence-corrected chi connectivity index (χ3v) is 4.07. The normalized spacial score (nSPS) is 11.9. The minimum absolute atomic E-state index is 0.428. The van der Waals surface area contributed by atoms with Crippen molar-refractivity contribution in [1.82, 2.24) is 0 Å². The highest BCUT2D eigenvalue weighted by molar-refractivity contribution is 6.11. The van der Waals surface area contributed by atoms with Crippen LogP contribution in [0.4, 0.5) is 0 Å². The van der Waals surface area contributed by atoms with E-state index in [1.807, 2.05) is 97.9 Å². The number of benzene rings is 3. The molecule has 0 unspecified atom stereocenters. The molecule has 0 heterocycles. The van der Waals surface area contributed by atoms with Gasteiger partial charge in [0.15, 0.2) is 0 Å². The molecule has 0 fully saturated rings. The lowest BCUT2D eigenvalue weighted by atomic mass is 10.1. The highest BCUT2D eigenvalue weighted by Gasteiger charge is 2.07. The molecule has 0 aliphatic heterocycles. The van der Waals surface area contributed by atoms with Gasteiger partial charge in [-0.25, -0.2) is 0 Å². The molecule has 4 heteroatoms. The number of nitrogens with zero attached hydrogens (tertiary/aromatic N) is 2. The van der Waals surface area contributed by atoms with Gasteiger partial charge in [0, 0.05) is 6.42 Å². The Bertz CT molecular complexity index is 892. The third kappa shape index (κ3) is 6.40. The SMILES string of the molecule is CC(CC(=NOCc1ccccc1)c1ccccc1)=NOCc1ccccc1. The van der Waals surface area contributed by atoms with Gasteiger partial charge < -0.3 is 9.68 Å². The van der Waals surface area contributed by atoms with Crippen LogP contribution in [0.1, 0.15) is 30.0 Å². The molecule has 0 aliphatic rings. The van der Waals surface area contributed by atoms with E-state index in [0.29, 0.717) is 19.6 Å². The van der Waals surface area contributed by atoms with Gasteiger partial charge in [0.25, 0.3) is 0 Å². The molecule has 0 N–H and O–H groups in total. The van der Waals surface area contributed by atoms with E-state index in [1.54, 1.807) is 0 Å². The van der Waals surface area contributed by atoms with Crippen LogP contribution in [0.2, 0.25) is 0 Å². The number of oxime groups is 2. The van der Waals surface area contributed by atoms with Gasteiger partial charge in [0.05, 0.1) is 11.4 Å². The molecule has 0 atom stereocenters. The molecule has 0 aromatic heterocycles. The van der Waals surface area contributed by atoms with E-state index >= 15 is 0 Å². The Hall–Kier alpha value is -3.40. The maximum absolute atomic E-state index is 5.60. The van der Waals surface area contributed by atoms with Gasteiger partial charge in [-0.3, -0.25) is 0 Å². The molecule has 3 rings (SSSR count). The summed E-state index contributed by atoms with van der Waals surface area (Å²) in [6.07, 6.45) is 0.549. The molecule has 0 saturated carbocycles. The Labute approximate surface area is 166 Å². The lowest BCUT2D eigenvalue weighted by molar-refractivity contribution is 0.128. The molecule has 0 spiro atoms. The van der Waals surface area contributed by atoms with Crippen LogP contribution in [0.15, 0.2) is 101 Å². The van der Waals surface area contributed by atoms with Crippen LogP contribution in [-0.2, 0) is 22.9 Å². The summed E-state index contributed by atoms with van der Waals surface area (Å²) in [5.74, 6) is 0. The lowest BCUT2D eigenvalue weighted by Gasteiger charge is -2.08. The van der Waals surface area contributed by atoms with E-state index in [1.165, 1.54) is 0 Å². The zero-order valence-corrected chi connectivity index (χ0v) is 16.0. The van der Waals surface area contributed by atoms with E-state index in [9.17, 15) is 0 Å². The Morgan fingerprint density at radius 1 is 0.643 bits per heavy atom. The van der Waals surface area contributed by atoms with Gasteiger partial charge in [-0.15, -0.1) is 0 Å². The summed E-state index contributed by atoms with van der Waals surface area (Å²) >= 11 is 0. The van der Waals surface area contributed by atoms with Crippen molar-refractivity contribution >= 4 is 11.4 Å². The first kappa shape index (κ1) is 19.4. The summed E-state index contributed by atoms with van der Waals surface area (Å²) in [6.45, 7) is 2.80. The van der Waals surface area contributed by atoms with Gasteiger partial charge in [-0.05, 0) is 23.6 Å². The quantitative estimate of drug-likeness (QED) is 0.363. The van der Waals surface area contributed by atoms with Gasteiger partial charge in [0.1, 0.15) is 13.2 Å². The Balaban J connectivity index is 1.63. The summed E-state index contributed by atoms with van der Waals surface area (Å²) in [6, 6.07) is 30.0. The highest BCUT2D eigenvalue weighted by Crippen LogP contribution is 2.09. The maximum Gasteiger partial charge on any atom is 0.142 e. The smallest absolute Gasteiger partial charge is 0.142 e. The van der Waals surface area contributed by atoms with Crippen molar-refractivity contribution in [2.24, 2.45) is 10.3 Å². The second kappa shape index (κ2) is 10.7. The largest absolute Gasteiger partial charge is 0.391 e. The van der Waals surface area contributed by atoms with Crippen molar-refractivity contribution in [1.29, 1.82) is 0 Å². The number of hydrogen-bond donors (Lipinski definition) is 0. The van der Waals surface area contributed by atoms with Crippen molar-refractivity contribution in [3.05, 3.63) is 108 Å². The topological polar surface area (TPSA) is 43.2 Å². The standard InChI is InChI=1S/C24H24N2O2/c1-20(25-27-18-21-11-5-2-6-12-21)17-24(23-15-9-4-10-16-23)26-28-19-22-13-7-3-8-14-22/h2-16H,17-19H2,1H3. The first-order valence-electron chi connectivity index (χ1n) is 9.29. The third-order valence-electron chi connectivity index (χ3n) is 4.07. The Kier molecular flexibility index (Phi) is 7.38. The van der Waals surface area contributed by atoms with Crippen molar-refractivity contribution < 1.29 is 9.68 Å². The monoisotopic (exact) mass is 372 g/mol. The van der Waals surface area contributed by atoms with Crippen molar-refractivity contribution in [2.75, 3.05) is 0 Å². The molecular formula is C24H24N2O2. The second-order valence-electron chi connectivity index (χ2n) is 6.43. The van der Waals surface area contributed by atoms with Crippen molar-refractivity contribution in [2.45, 2.75) is 26.6 Å². The number of hydrogen-bond acceptors (Lipinski definition) is 4. The first-order valence-corrected chi connectivity index (χ1v) is 9.29. The predicted octanol–water partition coefficient (Wildman–Crippen LogP) is 5.59. The fourth-order valence-corrected chi connectivity index (χ4v) is 2.64. The minimum atomic E-state index is 0.428. The summed E-state index contributed by atoms with van der Waals surface area (Å²) in [7, 11) is 0. The zero-order chi connectivity index (χ0) is 19.4. The summed E-state index contributed by atoms with van der Waals surface area (Å²) < 4.78 is 0. The van der Waals surface area contributed by atoms with Crippen LogP contribution in [0.25, 0.3) is 0 Å². The summed E-state index contributed by atoms with van der Waals surface area (Å²) in [4.78, 5) is 11.1. The van der Waals surface area contributed by atoms with Crippen LogP contribution < -0.4 is 0 Å². The van der Waals surface area contributed by atoms with Crippen LogP contribution >= 0.6 is 0 Å². The fourth-order valence-electron chi connectivity index (χ4n) is 2.64. The van der Waals surface area contributed by atoms with E-state index in [2.05, 4.69) is 10.3 Å². The number of rotatable bonds is 9. The molecule has 0 bridgehead atoms. The molecule has 3 aromatic carbocycles. The van der Waals surface area contributed by atoms with E-state index in [0.717, 1.165) is 28.1 Å². The molecule has 142 valence electrons. The molecule has 28 heavy (non-hydrogen) atoms. The van der Waals surface area contributed by atoms with Gasteiger partial charge in [-0.1, -0.05) is 101 Å². The van der Waals surface area contributed by atoms with Crippen LogP contribution in [0, 0.1) is 0 Å². The van der Waals surface area contributed by atoms with Crippen molar-refractivity contribution in [3.8, 4) is 0 Å². The zero-order valence-electron chi connectivity index (χ0n) is 16.0. The molecule has 3 aromatic rings. The minimum Gasteiger partial charge on any atom is -0.391 e. The van der Waals surface area contributed by atoms with E-state index in [-0.39, 0.29) is 0 Å². The first-order chi connectivity index (χ1) is 13.8. The molecule has 0 radical (unpaired) electrons.